The van der Waals surface area contributed by atoms with Gasteiger partial charge in [-0.2, -0.15) is 0 Å². The number of benzene rings is 1. The monoisotopic (exact) mass is 303 g/mol. The fourth-order valence-corrected chi connectivity index (χ4v) is 3.33. The average molecular weight is 304 g/mol. The number of rotatable bonds is 3. The number of nitrogens with one attached hydrogen (secondary N) is 1. The van der Waals surface area contributed by atoms with E-state index in [0.717, 1.165) is 17.7 Å². The first kappa shape index (κ1) is 14.0. The van der Waals surface area contributed by atoms with E-state index in [9.17, 15) is 4.79 Å². The molecule has 98 valence electrons. The Labute approximate surface area is 121 Å². The minimum Gasteiger partial charge on any atom is -0.349 e. The summed E-state index contributed by atoms with van der Waals surface area (Å²) in [5.41, 5.74) is 1.12. The smallest absolute Gasteiger partial charge is 0.224 e. The maximum absolute atomic E-state index is 11.9. The first-order valence-electron chi connectivity index (χ1n) is 5.90. The Balaban J connectivity index is 2.17. The second-order valence-electron chi connectivity index (χ2n) is 4.44. The second kappa shape index (κ2) is 6.18. The van der Waals surface area contributed by atoms with Crippen LogP contribution in [0.25, 0.3) is 0 Å². The van der Waals surface area contributed by atoms with Gasteiger partial charge in [0.1, 0.15) is 0 Å². The zero-order valence-electron chi connectivity index (χ0n) is 10.1. The normalized spacial score (nSPS) is 20.1. The van der Waals surface area contributed by atoms with Crippen molar-refractivity contribution in [2.45, 2.75) is 24.3 Å². The molecule has 5 heteroatoms. The van der Waals surface area contributed by atoms with Gasteiger partial charge in [0.25, 0.3) is 0 Å². The lowest BCUT2D eigenvalue weighted by Gasteiger charge is -2.27. The van der Waals surface area contributed by atoms with Gasteiger partial charge in [-0.3, -0.25) is 4.79 Å². The van der Waals surface area contributed by atoms with Crippen LogP contribution in [0.4, 0.5) is 0 Å². The highest BCUT2D eigenvalue weighted by Gasteiger charge is 2.24. The summed E-state index contributed by atoms with van der Waals surface area (Å²) in [6.07, 6.45) is 0.929. The SMILES string of the molecule is CC(CCl)C(=O)NC1CCSc2ccc(Cl)cc21. The molecule has 1 amide bonds. The van der Waals surface area contributed by atoms with Gasteiger partial charge in [-0.15, -0.1) is 23.4 Å². The zero-order valence-corrected chi connectivity index (χ0v) is 12.4. The summed E-state index contributed by atoms with van der Waals surface area (Å²) in [5.74, 6) is 1.20. The predicted molar refractivity (Wildman–Crippen MR) is 77.6 cm³/mol. The molecule has 0 saturated heterocycles. The minimum absolute atomic E-state index is 0.00725. The average Bonchev–Trinajstić information content (AvgIpc) is 2.38. The molecule has 0 fully saturated rings. The number of carbonyl (C=O) groups excluding carboxylic acids is 1. The Hall–Kier alpha value is -0.380. The largest absolute Gasteiger partial charge is 0.349 e. The molecule has 18 heavy (non-hydrogen) atoms. The van der Waals surface area contributed by atoms with Crippen LogP contribution in [-0.2, 0) is 4.79 Å². The highest BCUT2D eigenvalue weighted by Crippen LogP contribution is 2.37. The van der Waals surface area contributed by atoms with Crippen LogP contribution in [0, 0.1) is 5.92 Å². The van der Waals surface area contributed by atoms with Crippen LogP contribution >= 0.6 is 35.0 Å². The van der Waals surface area contributed by atoms with Crippen molar-refractivity contribution in [3.63, 3.8) is 0 Å². The van der Waals surface area contributed by atoms with Crippen LogP contribution in [0.1, 0.15) is 24.9 Å². The summed E-state index contributed by atoms with van der Waals surface area (Å²) < 4.78 is 0. The Morgan fingerprint density at radius 2 is 2.39 bits per heavy atom. The van der Waals surface area contributed by atoms with Crippen molar-refractivity contribution in [2.75, 3.05) is 11.6 Å². The van der Waals surface area contributed by atoms with Crippen molar-refractivity contribution in [2.24, 2.45) is 5.92 Å². The Kier molecular flexibility index (Phi) is 4.82. The fourth-order valence-electron chi connectivity index (χ4n) is 1.90. The molecule has 0 spiro atoms. The number of amides is 1. The molecule has 1 aliphatic rings. The molecule has 0 aliphatic carbocycles. The van der Waals surface area contributed by atoms with E-state index in [-0.39, 0.29) is 17.9 Å². The van der Waals surface area contributed by atoms with Gasteiger partial charge in [0.2, 0.25) is 5.91 Å². The Morgan fingerprint density at radius 3 is 3.11 bits per heavy atom. The number of halogens is 2. The summed E-state index contributed by atoms with van der Waals surface area (Å²) in [5, 5.41) is 3.77. The molecule has 1 aromatic rings. The van der Waals surface area contributed by atoms with E-state index < -0.39 is 0 Å². The standard InChI is InChI=1S/C13H15Cl2NOS/c1-8(7-14)13(17)16-11-4-5-18-12-3-2-9(15)6-10(11)12/h2-3,6,8,11H,4-5,7H2,1H3,(H,16,17). The Bertz CT molecular complexity index is 453. The van der Waals surface area contributed by atoms with E-state index in [1.807, 2.05) is 25.1 Å². The van der Waals surface area contributed by atoms with Crippen molar-refractivity contribution in [1.29, 1.82) is 0 Å². The van der Waals surface area contributed by atoms with Gasteiger partial charge in [0, 0.05) is 27.5 Å². The first-order valence-corrected chi connectivity index (χ1v) is 7.80. The quantitative estimate of drug-likeness (QED) is 0.859. The highest BCUT2D eigenvalue weighted by molar-refractivity contribution is 7.99. The Morgan fingerprint density at radius 1 is 1.61 bits per heavy atom. The van der Waals surface area contributed by atoms with Gasteiger partial charge in [-0.1, -0.05) is 18.5 Å². The van der Waals surface area contributed by atoms with Gasteiger partial charge in [0.05, 0.1) is 6.04 Å². The number of thioether (sulfide) groups is 1. The summed E-state index contributed by atoms with van der Waals surface area (Å²) in [7, 11) is 0. The maximum atomic E-state index is 11.9. The highest BCUT2D eigenvalue weighted by atomic mass is 35.5. The molecule has 1 aliphatic heterocycles. The van der Waals surface area contributed by atoms with E-state index in [1.54, 1.807) is 11.8 Å². The summed E-state index contributed by atoms with van der Waals surface area (Å²) in [6.45, 7) is 1.83. The number of alkyl halides is 1. The molecule has 2 nitrogen and oxygen atoms in total. The van der Waals surface area contributed by atoms with E-state index in [1.165, 1.54) is 4.90 Å². The van der Waals surface area contributed by atoms with Crippen molar-refractivity contribution in [1.82, 2.24) is 5.32 Å². The number of fused-ring (bicyclic) bond motifs is 1. The number of carbonyl (C=O) groups is 1. The van der Waals surface area contributed by atoms with Crippen LogP contribution in [0.15, 0.2) is 23.1 Å². The van der Waals surface area contributed by atoms with E-state index in [2.05, 4.69) is 5.32 Å². The van der Waals surface area contributed by atoms with Crippen LogP contribution in [-0.4, -0.2) is 17.5 Å². The molecule has 2 unspecified atom stereocenters. The van der Waals surface area contributed by atoms with Crippen LogP contribution in [0.5, 0.6) is 0 Å². The lowest BCUT2D eigenvalue weighted by Crippen LogP contribution is -2.35. The van der Waals surface area contributed by atoms with Crippen molar-refractivity contribution in [3.8, 4) is 0 Å². The van der Waals surface area contributed by atoms with Gasteiger partial charge in [0.15, 0.2) is 0 Å². The molecule has 0 radical (unpaired) electrons. The van der Waals surface area contributed by atoms with Gasteiger partial charge in [-0.05, 0) is 30.2 Å². The maximum Gasteiger partial charge on any atom is 0.224 e. The third kappa shape index (κ3) is 3.14. The minimum atomic E-state index is -0.163. The third-order valence-electron chi connectivity index (χ3n) is 3.01. The van der Waals surface area contributed by atoms with Gasteiger partial charge in [-0.25, -0.2) is 0 Å². The molecule has 0 aromatic heterocycles. The van der Waals surface area contributed by atoms with Crippen LogP contribution < -0.4 is 5.32 Å². The van der Waals surface area contributed by atoms with Crippen molar-refractivity contribution >= 4 is 40.9 Å². The predicted octanol–water partition coefficient (Wildman–Crippen LogP) is 3.87. The number of hydrogen-bond acceptors (Lipinski definition) is 2. The van der Waals surface area contributed by atoms with E-state index in [4.69, 9.17) is 23.2 Å². The molecule has 0 saturated carbocycles. The molecule has 0 bridgehead atoms. The van der Waals surface area contributed by atoms with Crippen molar-refractivity contribution < 1.29 is 4.79 Å². The van der Waals surface area contributed by atoms with Crippen LogP contribution in [0.3, 0.4) is 0 Å². The first-order chi connectivity index (χ1) is 8.61. The molecular formula is C13H15Cl2NOS. The molecule has 1 N–H and O–H groups in total. The number of hydrogen-bond donors (Lipinski definition) is 1. The molecule has 2 atom stereocenters. The lowest BCUT2D eigenvalue weighted by atomic mass is 10.0. The fraction of sp³-hybridized carbons (Fsp3) is 0.462. The summed E-state index contributed by atoms with van der Waals surface area (Å²) >= 11 is 13.5. The molecule has 2 rings (SSSR count). The van der Waals surface area contributed by atoms with E-state index >= 15 is 0 Å². The topological polar surface area (TPSA) is 29.1 Å². The summed E-state index contributed by atoms with van der Waals surface area (Å²) in [4.78, 5) is 13.1. The summed E-state index contributed by atoms with van der Waals surface area (Å²) in [6, 6.07) is 5.90. The lowest BCUT2D eigenvalue weighted by molar-refractivity contribution is -0.124. The molecule has 1 aromatic carbocycles. The van der Waals surface area contributed by atoms with Gasteiger partial charge >= 0.3 is 0 Å². The second-order valence-corrected chi connectivity index (χ2v) is 6.32. The van der Waals surface area contributed by atoms with E-state index in [0.29, 0.717) is 10.9 Å². The van der Waals surface area contributed by atoms with Crippen molar-refractivity contribution in [3.05, 3.63) is 28.8 Å². The molecular weight excluding hydrogens is 289 g/mol. The zero-order chi connectivity index (χ0) is 13.1. The van der Waals surface area contributed by atoms with Crippen LogP contribution in [0.2, 0.25) is 5.02 Å². The van der Waals surface area contributed by atoms with Gasteiger partial charge < -0.3 is 5.32 Å². The molecule has 1 heterocycles. The third-order valence-corrected chi connectivity index (χ3v) is 4.83.